The summed E-state index contributed by atoms with van der Waals surface area (Å²) in [6.07, 6.45) is 0. The number of rotatable bonds is 1. The maximum atomic E-state index is 13.1. The first-order valence-electron chi connectivity index (χ1n) is 3.58. The van der Waals surface area contributed by atoms with Gasteiger partial charge in [-0.1, -0.05) is 12.1 Å². The second-order valence-electron chi connectivity index (χ2n) is 2.44. The third kappa shape index (κ3) is 1.38. The minimum Gasteiger partial charge on any atom is -0.266 e. The smallest absolute Gasteiger partial charge is 0.266 e. The molecule has 0 fully saturated rings. The molecule has 1 heterocycles. The zero-order chi connectivity index (χ0) is 9.26. The number of hydrogen-bond acceptors (Lipinski definition) is 3. The van der Waals surface area contributed by atoms with Crippen molar-refractivity contribution in [3.05, 3.63) is 40.4 Å². The molecular weight excluding hydrogens is 191 g/mol. The number of hydrogen-bond donors (Lipinski definition) is 1. The molecule has 2 rings (SSSR count). The van der Waals surface area contributed by atoms with Gasteiger partial charge in [-0.15, -0.1) is 0 Å². The van der Waals surface area contributed by atoms with Crippen LogP contribution in [0.5, 0.6) is 0 Å². The zero-order valence-corrected chi connectivity index (χ0v) is 7.27. The van der Waals surface area contributed by atoms with Crippen molar-refractivity contribution in [1.82, 2.24) is 8.75 Å². The summed E-state index contributed by atoms with van der Waals surface area (Å²) in [5.74, 6) is -0.432. The van der Waals surface area contributed by atoms with Crippen LogP contribution in [0.4, 0.5) is 4.39 Å². The minimum absolute atomic E-state index is 0.142. The van der Waals surface area contributed by atoms with Gasteiger partial charge in [0.15, 0.2) is 5.69 Å². The first kappa shape index (κ1) is 8.12. The molecule has 0 aliphatic carbocycles. The van der Waals surface area contributed by atoms with E-state index in [1.807, 2.05) is 0 Å². The Morgan fingerprint density at radius 2 is 2.15 bits per heavy atom. The Balaban J connectivity index is 2.66. The highest BCUT2D eigenvalue weighted by molar-refractivity contribution is 6.99. The van der Waals surface area contributed by atoms with Crippen molar-refractivity contribution in [2.75, 3.05) is 0 Å². The summed E-state index contributed by atoms with van der Waals surface area (Å²) in [6, 6.07) is 6.06. The maximum absolute atomic E-state index is 13.1. The standard InChI is InChI=1S/C8H5FN2OS/c9-6-4-2-1-3-5(6)7-8(12)11-13-10-7/h1-4H,(H,11,12). The number of nitrogens with one attached hydrogen (secondary N) is 1. The fourth-order valence-corrected chi connectivity index (χ4v) is 1.52. The fraction of sp³-hybridized carbons (Fsp3) is 0. The van der Waals surface area contributed by atoms with E-state index < -0.39 is 5.82 Å². The van der Waals surface area contributed by atoms with Crippen LogP contribution in [0.3, 0.4) is 0 Å². The van der Waals surface area contributed by atoms with Crippen LogP contribution in [0.1, 0.15) is 0 Å². The SMILES string of the molecule is O=c1[nH]snc1-c1ccccc1F. The van der Waals surface area contributed by atoms with E-state index in [0.29, 0.717) is 0 Å². The Bertz CT molecular complexity index is 477. The predicted octanol–water partition coefficient (Wildman–Crippen LogP) is 1.64. The number of nitrogens with zero attached hydrogens (tertiary/aromatic N) is 1. The van der Waals surface area contributed by atoms with Crippen molar-refractivity contribution in [1.29, 1.82) is 0 Å². The maximum Gasteiger partial charge on any atom is 0.286 e. The molecule has 0 radical (unpaired) electrons. The molecular formula is C8H5FN2OS. The molecule has 1 aromatic heterocycles. The van der Waals surface area contributed by atoms with Gasteiger partial charge in [0.05, 0.1) is 0 Å². The number of aromatic amines is 1. The van der Waals surface area contributed by atoms with Crippen molar-refractivity contribution >= 4 is 11.7 Å². The van der Waals surface area contributed by atoms with Crippen LogP contribution in [0, 0.1) is 5.82 Å². The van der Waals surface area contributed by atoms with Gasteiger partial charge in [-0.2, -0.15) is 4.37 Å². The van der Waals surface area contributed by atoms with Gasteiger partial charge in [0.1, 0.15) is 5.82 Å². The second kappa shape index (κ2) is 3.10. The van der Waals surface area contributed by atoms with E-state index >= 15 is 0 Å². The molecule has 0 aliphatic heterocycles. The molecule has 5 heteroatoms. The van der Waals surface area contributed by atoms with E-state index in [4.69, 9.17) is 0 Å². The number of halogens is 1. The molecule has 0 aliphatic rings. The Hall–Kier alpha value is -1.49. The highest BCUT2D eigenvalue weighted by Crippen LogP contribution is 2.16. The fourth-order valence-electron chi connectivity index (χ4n) is 1.02. The molecule has 0 amide bonds. The summed E-state index contributed by atoms with van der Waals surface area (Å²) in [4.78, 5) is 11.1. The third-order valence-corrected chi connectivity index (χ3v) is 2.17. The molecule has 0 bridgehead atoms. The monoisotopic (exact) mass is 196 g/mol. The molecule has 1 N–H and O–H groups in total. The molecule has 0 spiro atoms. The third-order valence-electron chi connectivity index (χ3n) is 1.62. The van der Waals surface area contributed by atoms with Crippen molar-refractivity contribution in [3.8, 4) is 11.3 Å². The Labute approximate surface area is 77.2 Å². The largest absolute Gasteiger partial charge is 0.286 e. The van der Waals surface area contributed by atoms with Crippen LogP contribution in [-0.4, -0.2) is 8.75 Å². The molecule has 1 aromatic carbocycles. The van der Waals surface area contributed by atoms with Gasteiger partial charge in [-0.3, -0.25) is 9.17 Å². The van der Waals surface area contributed by atoms with E-state index in [0.717, 1.165) is 11.7 Å². The second-order valence-corrected chi connectivity index (χ2v) is 3.01. The van der Waals surface area contributed by atoms with Gasteiger partial charge in [0, 0.05) is 17.3 Å². The summed E-state index contributed by atoms with van der Waals surface area (Å²) in [5, 5.41) is 0. The van der Waals surface area contributed by atoms with Crippen LogP contribution >= 0.6 is 11.7 Å². The Morgan fingerprint density at radius 3 is 2.77 bits per heavy atom. The first-order chi connectivity index (χ1) is 6.29. The lowest BCUT2D eigenvalue weighted by Crippen LogP contribution is -2.02. The van der Waals surface area contributed by atoms with Crippen LogP contribution in [0.25, 0.3) is 11.3 Å². The van der Waals surface area contributed by atoms with Crippen LogP contribution < -0.4 is 5.56 Å². The minimum atomic E-state index is -0.432. The highest BCUT2D eigenvalue weighted by atomic mass is 32.1. The van der Waals surface area contributed by atoms with Crippen molar-refractivity contribution < 1.29 is 4.39 Å². The number of aromatic nitrogens is 2. The molecule has 0 saturated carbocycles. The average Bonchev–Trinajstić information content (AvgIpc) is 2.52. The van der Waals surface area contributed by atoms with Crippen LogP contribution in [0.15, 0.2) is 29.1 Å². The molecule has 3 nitrogen and oxygen atoms in total. The molecule has 0 saturated heterocycles. The lowest BCUT2D eigenvalue weighted by Gasteiger charge is -1.94. The molecule has 2 aromatic rings. The van der Waals surface area contributed by atoms with Gasteiger partial charge >= 0.3 is 0 Å². The van der Waals surface area contributed by atoms with Crippen molar-refractivity contribution in [2.24, 2.45) is 0 Å². The lowest BCUT2D eigenvalue weighted by atomic mass is 10.1. The molecule has 66 valence electrons. The first-order valence-corrected chi connectivity index (χ1v) is 4.35. The van der Waals surface area contributed by atoms with Gasteiger partial charge in [-0.25, -0.2) is 4.39 Å². The Kier molecular flexibility index (Phi) is 1.94. The summed E-state index contributed by atoms with van der Waals surface area (Å²) in [5.41, 5.74) is 0.0307. The van der Waals surface area contributed by atoms with Crippen molar-refractivity contribution in [3.63, 3.8) is 0 Å². The summed E-state index contributed by atoms with van der Waals surface area (Å²) in [6.45, 7) is 0. The van der Waals surface area contributed by atoms with Crippen LogP contribution in [0.2, 0.25) is 0 Å². The van der Waals surface area contributed by atoms with Gasteiger partial charge in [-0.05, 0) is 12.1 Å². The van der Waals surface area contributed by atoms with E-state index in [2.05, 4.69) is 8.75 Å². The summed E-state index contributed by atoms with van der Waals surface area (Å²) < 4.78 is 19.3. The van der Waals surface area contributed by atoms with E-state index in [-0.39, 0.29) is 16.8 Å². The van der Waals surface area contributed by atoms with Gasteiger partial charge in [0.2, 0.25) is 0 Å². The molecule has 0 unspecified atom stereocenters. The summed E-state index contributed by atoms with van der Waals surface area (Å²) >= 11 is 0.916. The Morgan fingerprint density at radius 1 is 1.38 bits per heavy atom. The summed E-state index contributed by atoms with van der Waals surface area (Å²) in [7, 11) is 0. The van der Waals surface area contributed by atoms with Gasteiger partial charge in [0.25, 0.3) is 5.56 Å². The van der Waals surface area contributed by atoms with Crippen LogP contribution in [-0.2, 0) is 0 Å². The predicted molar refractivity (Wildman–Crippen MR) is 48.1 cm³/mol. The molecule has 13 heavy (non-hydrogen) atoms. The van der Waals surface area contributed by atoms with Gasteiger partial charge < -0.3 is 0 Å². The topological polar surface area (TPSA) is 45.8 Å². The van der Waals surface area contributed by atoms with E-state index in [1.54, 1.807) is 12.1 Å². The van der Waals surface area contributed by atoms with E-state index in [9.17, 15) is 9.18 Å². The number of benzene rings is 1. The zero-order valence-electron chi connectivity index (χ0n) is 6.45. The average molecular weight is 196 g/mol. The normalized spacial score (nSPS) is 10.2. The van der Waals surface area contributed by atoms with E-state index in [1.165, 1.54) is 12.1 Å². The lowest BCUT2D eigenvalue weighted by molar-refractivity contribution is 0.631. The van der Waals surface area contributed by atoms with Crippen molar-refractivity contribution in [2.45, 2.75) is 0 Å². The quantitative estimate of drug-likeness (QED) is 0.753. The number of H-pyrrole nitrogens is 1. The molecule has 0 atom stereocenters. The highest BCUT2D eigenvalue weighted by Gasteiger charge is 2.09.